The summed E-state index contributed by atoms with van der Waals surface area (Å²) in [7, 11) is 0. The fourth-order valence-electron chi connectivity index (χ4n) is 1.79. The summed E-state index contributed by atoms with van der Waals surface area (Å²) in [5.74, 6) is 1.23. The first-order chi connectivity index (χ1) is 6.20. The molecule has 0 amide bonds. The molecular formula is C12H14O. The average Bonchev–Trinajstić information content (AvgIpc) is 2.82. The van der Waals surface area contributed by atoms with Crippen molar-refractivity contribution in [2.75, 3.05) is 0 Å². The van der Waals surface area contributed by atoms with Crippen molar-refractivity contribution in [3.63, 3.8) is 0 Å². The van der Waals surface area contributed by atoms with Gasteiger partial charge in [-0.05, 0) is 30.7 Å². The molecule has 0 heterocycles. The van der Waals surface area contributed by atoms with E-state index >= 15 is 0 Å². The molecule has 1 fully saturated rings. The van der Waals surface area contributed by atoms with Crippen LogP contribution in [0.1, 0.15) is 30.4 Å². The van der Waals surface area contributed by atoms with E-state index in [0.717, 1.165) is 11.1 Å². The maximum atomic E-state index is 11.8. The smallest absolute Gasteiger partial charge is 0.184 e. The molecule has 1 saturated carbocycles. The molecule has 1 aliphatic rings. The molecule has 0 bridgehead atoms. The lowest BCUT2D eigenvalue weighted by Crippen LogP contribution is -2.07. The Morgan fingerprint density at radius 2 is 1.92 bits per heavy atom. The lowest BCUT2D eigenvalue weighted by molar-refractivity contribution is 0.909. The van der Waals surface area contributed by atoms with E-state index < -0.39 is 0 Å². The molecule has 1 aromatic carbocycles. The van der Waals surface area contributed by atoms with Crippen LogP contribution in [0.2, 0.25) is 0 Å². The zero-order valence-corrected chi connectivity index (χ0v) is 8.08. The second kappa shape index (κ2) is 2.99. The van der Waals surface area contributed by atoms with Crippen LogP contribution >= 0.6 is 0 Å². The Bertz CT molecular complexity index is 381. The van der Waals surface area contributed by atoms with E-state index in [1.165, 1.54) is 6.42 Å². The van der Waals surface area contributed by atoms with Crippen molar-refractivity contribution in [1.82, 2.24) is 0 Å². The highest BCUT2D eigenvalue weighted by Gasteiger charge is 2.35. The van der Waals surface area contributed by atoms with Gasteiger partial charge >= 0.3 is 0 Å². The molecule has 13 heavy (non-hydrogen) atoms. The Kier molecular flexibility index (Phi) is 1.95. The highest BCUT2D eigenvalue weighted by molar-refractivity contribution is 5.28. The third-order valence-corrected chi connectivity index (χ3v) is 2.86. The number of aryl methyl sites for hydroxylation is 1. The molecule has 1 nitrogen and oxygen atoms in total. The molecule has 2 rings (SSSR count). The second-order valence-electron chi connectivity index (χ2n) is 4.01. The maximum absolute atomic E-state index is 11.8. The fourth-order valence-corrected chi connectivity index (χ4v) is 1.79. The van der Waals surface area contributed by atoms with Crippen LogP contribution in [0, 0.1) is 12.8 Å². The van der Waals surface area contributed by atoms with Gasteiger partial charge < -0.3 is 0 Å². The Morgan fingerprint density at radius 1 is 1.31 bits per heavy atom. The number of rotatable bonds is 1. The summed E-state index contributed by atoms with van der Waals surface area (Å²) in [6, 6.07) is 7.77. The van der Waals surface area contributed by atoms with E-state index in [-0.39, 0.29) is 5.43 Å². The van der Waals surface area contributed by atoms with E-state index in [2.05, 4.69) is 6.92 Å². The van der Waals surface area contributed by atoms with E-state index in [1.54, 1.807) is 0 Å². The molecule has 0 aromatic heterocycles. The predicted octanol–water partition coefficient (Wildman–Crippen LogP) is 2.48. The highest BCUT2D eigenvalue weighted by Crippen LogP contribution is 2.45. The lowest BCUT2D eigenvalue weighted by Gasteiger charge is -1.92. The molecule has 0 N–H and O–H groups in total. The minimum absolute atomic E-state index is 0.236. The van der Waals surface area contributed by atoms with Gasteiger partial charge in [0.1, 0.15) is 0 Å². The summed E-state index contributed by atoms with van der Waals surface area (Å²) in [6.45, 7) is 4.09. The van der Waals surface area contributed by atoms with Crippen LogP contribution in [0.5, 0.6) is 0 Å². The first-order valence-electron chi connectivity index (χ1n) is 4.80. The van der Waals surface area contributed by atoms with Crippen LogP contribution in [0.15, 0.2) is 29.1 Å². The van der Waals surface area contributed by atoms with Crippen molar-refractivity contribution in [3.8, 4) is 0 Å². The Balaban J connectivity index is 2.53. The Morgan fingerprint density at radius 3 is 2.54 bits per heavy atom. The third kappa shape index (κ3) is 1.51. The molecule has 1 aromatic rings. The van der Waals surface area contributed by atoms with Gasteiger partial charge in [0, 0.05) is 5.56 Å². The summed E-state index contributed by atoms with van der Waals surface area (Å²) >= 11 is 0. The molecule has 1 heteroatoms. The fraction of sp³-hybridized carbons (Fsp3) is 0.417. The molecule has 1 unspecified atom stereocenters. The maximum Gasteiger partial charge on any atom is 0.184 e. The predicted molar refractivity (Wildman–Crippen MR) is 54.0 cm³/mol. The van der Waals surface area contributed by atoms with E-state index in [4.69, 9.17) is 0 Å². The highest BCUT2D eigenvalue weighted by atomic mass is 16.1. The molecule has 0 spiro atoms. The van der Waals surface area contributed by atoms with Gasteiger partial charge in [-0.1, -0.05) is 31.2 Å². The molecule has 68 valence electrons. The Hall–Kier alpha value is -1.11. The van der Waals surface area contributed by atoms with Crippen LogP contribution in [0.4, 0.5) is 0 Å². The van der Waals surface area contributed by atoms with Gasteiger partial charge in [0.25, 0.3) is 0 Å². The molecular weight excluding hydrogens is 160 g/mol. The molecule has 0 aliphatic heterocycles. The molecule has 2 atom stereocenters. The molecule has 0 saturated heterocycles. The first kappa shape index (κ1) is 8.49. The van der Waals surface area contributed by atoms with E-state index in [9.17, 15) is 4.79 Å². The van der Waals surface area contributed by atoms with Crippen LogP contribution in [0.25, 0.3) is 0 Å². The monoisotopic (exact) mass is 174 g/mol. The SMILES string of the molecule is Cc1ccccc(C2C[C@@H]2C)c1=O. The van der Waals surface area contributed by atoms with Crippen molar-refractivity contribution in [2.24, 2.45) is 5.92 Å². The van der Waals surface area contributed by atoms with Gasteiger partial charge in [0.05, 0.1) is 0 Å². The van der Waals surface area contributed by atoms with Crippen molar-refractivity contribution in [2.45, 2.75) is 26.2 Å². The Labute approximate surface area is 78.4 Å². The van der Waals surface area contributed by atoms with Crippen molar-refractivity contribution in [3.05, 3.63) is 45.6 Å². The largest absolute Gasteiger partial charge is 0.289 e. The van der Waals surface area contributed by atoms with Gasteiger partial charge in [-0.2, -0.15) is 0 Å². The molecule has 0 radical (unpaired) electrons. The van der Waals surface area contributed by atoms with Crippen molar-refractivity contribution >= 4 is 0 Å². The second-order valence-corrected chi connectivity index (χ2v) is 4.01. The minimum Gasteiger partial charge on any atom is -0.289 e. The van der Waals surface area contributed by atoms with Gasteiger partial charge in [-0.25, -0.2) is 0 Å². The van der Waals surface area contributed by atoms with E-state index in [1.807, 2.05) is 31.2 Å². The van der Waals surface area contributed by atoms with Crippen LogP contribution in [-0.4, -0.2) is 0 Å². The van der Waals surface area contributed by atoms with Gasteiger partial charge in [-0.3, -0.25) is 4.79 Å². The van der Waals surface area contributed by atoms with Crippen LogP contribution in [0.3, 0.4) is 0 Å². The van der Waals surface area contributed by atoms with Crippen LogP contribution in [-0.2, 0) is 0 Å². The zero-order chi connectivity index (χ0) is 9.42. The summed E-state index contributed by atoms with van der Waals surface area (Å²) in [5, 5.41) is 0. The average molecular weight is 174 g/mol. The zero-order valence-electron chi connectivity index (χ0n) is 8.08. The van der Waals surface area contributed by atoms with Crippen LogP contribution < -0.4 is 5.43 Å². The standard InChI is InChI=1S/C12H14O/c1-8-5-3-4-6-10(12(8)13)11-7-9(11)2/h3-6,9,11H,7H2,1-2H3/t9-,11?/m0/s1. The third-order valence-electron chi connectivity index (χ3n) is 2.86. The van der Waals surface area contributed by atoms with Crippen molar-refractivity contribution < 1.29 is 0 Å². The molecule has 1 aliphatic carbocycles. The van der Waals surface area contributed by atoms with Gasteiger partial charge in [0.15, 0.2) is 5.43 Å². The normalized spacial score (nSPS) is 25.7. The number of hydrogen-bond acceptors (Lipinski definition) is 1. The topological polar surface area (TPSA) is 17.1 Å². The summed E-state index contributed by atoms with van der Waals surface area (Å²) in [6.07, 6.45) is 1.18. The first-order valence-corrected chi connectivity index (χ1v) is 4.80. The lowest BCUT2D eigenvalue weighted by atomic mass is 10.1. The summed E-state index contributed by atoms with van der Waals surface area (Å²) in [5.41, 5.74) is 2.11. The quantitative estimate of drug-likeness (QED) is 0.639. The van der Waals surface area contributed by atoms with Crippen molar-refractivity contribution in [1.29, 1.82) is 0 Å². The summed E-state index contributed by atoms with van der Waals surface area (Å²) in [4.78, 5) is 11.8. The number of hydrogen-bond donors (Lipinski definition) is 0. The van der Waals surface area contributed by atoms with E-state index in [0.29, 0.717) is 11.8 Å². The van der Waals surface area contributed by atoms with Gasteiger partial charge in [-0.15, -0.1) is 0 Å². The minimum atomic E-state index is 0.236. The summed E-state index contributed by atoms with van der Waals surface area (Å²) < 4.78 is 0. The van der Waals surface area contributed by atoms with Gasteiger partial charge in [0.2, 0.25) is 0 Å².